The minimum absolute atomic E-state index is 0.0496. The van der Waals surface area contributed by atoms with Crippen LogP contribution in [0.5, 0.6) is 0 Å². The van der Waals surface area contributed by atoms with E-state index in [1.54, 1.807) is 6.07 Å². The molecule has 0 N–H and O–H groups in total. The zero-order chi connectivity index (χ0) is 21.0. The molecule has 2 rings (SSSR count). The van der Waals surface area contributed by atoms with Crippen molar-refractivity contribution in [2.24, 2.45) is 5.41 Å². The van der Waals surface area contributed by atoms with Crippen molar-refractivity contribution in [3.63, 3.8) is 0 Å². The van der Waals surface area contributed by atoms with Crippen LogP contribution >= 0.6 is 0 Å². The average Bonchev–Trinajstić information content (AvgIpc) is 2.61. The quantitative estimate of drug-likeness (QED) is 0.471. The second-order valence-electron chi connectivity index (χ2n) is 8.89. The molecule has 1 fully saturated rings. The first-order chi connectivity index (χ1) is 13.0. The molecule has 1 aromatic rings. The summed E-state index contributed by atoms with van der Waals surface area (Å²) in [5.74, 6) is -2.08. The maximum Gasteiger partial charge on any atom is 0.332 e. The Morgan fingerprint density at radius 1 is 1.21 bits per heavy atom. The van der Waals surface area contributed by atoms with Gasteiger partial charge >= 0.3 is 5.97 Å². The highest BCUT2D eigenvalue weighted by molar-refractivity contribution is 5.71. The van der Waals surface area contributed by atoms with Crippen LogP contribution in [0.25, 0.3) is 0 Å². The summed E-state index contributed by atoms with van der Waals surface area (Å²) in [4.78, 5) is 11.7. The Balaban J connectivity index is 1.87. The van der Waals surface area contributed by atoms with E-state index in [9.17, 15) is 13.6 Å². The Morgan fingerprint density at radius 2 is 1.93 bits per heavy atom. The minimum Gasteiger partial charge on any atom is -0.458 e. The van der Waals surface area contributed by atoms with Gasteiger partial charge in [-0.2, -0.15) is 0 Å². The van der Waals surface area contributed by atoms with Gasteiger partial charge in [0.2, 0.25) is 0 Å². The van der Waals surface area contributed by atoms with Crippen molar-refractivity contribution < 1.29 is 27.8 Å². The van der Waals surface area contributed by atoms with Crippen molar-refractivity contribution in [2.75, 3.05) is 19.8 Å². The molecule has 0 aliphatic carbocycles. The van der Waals surface area contributed by atoms with Crippen molar-refractivity contribution >= 4 is 5.97 Å². The molecule has 158 valence electrons. The first kappa shape index (κ1) is 22.8. The summed E-state index contributed by atoms with van der Waals surface area (Å²) in [5, 5.41) is 0. The van der Waals surface area contributed by atoms with Gasteiger partial charge < -0.3 is 14.2 Å². The lowest BCUT2D eigenvalue weighted by Crippen LogP contribution is -2.41. The monoisotopic (exact) mass is 398 g/mol. The number of esters is 1. The summed E-state index contributed by atoms with van der Waals surface area (Å²) >= 11 is 0. The summed E-state index contributed by atoms with van der Waals surface area (Å²) in [6.07, 6.45) is 3.27. The lowest BCUT2D eigenvalue weighted by Gasteiger charge is -2.45. The minimum atomic E-state index is -0.856. The molecule has 1 saturated heterocycles. The van der Waals surface area contributed by atoms with Gasteiger partial charge in [0.05, 0.1) is 12.2 Å². The number of halogens is 2. The molecule has 0 amide bonds. The van der Waals surface area contributed by atoms with E-state index in [0.29, 0.717) is 25.2 Å². The fraction of sp³-hybridized carbons (Fsp3) is 0.682. The van der Waals surface area contributed by atoms with Crippen LogP contribution in [-0.2, 0) is 24.6 Å². The molecule has 1 aliphatic heterocycles. The molecular weight excluding hydrogens is 366 g/mol. The molecule has 6 heteroatoms. The Labute approximate surface area is 166 Å². The number of carbonyl (C=O) groups is 1. The molecule has 28 heavy (non-hydrogen) atoms. The van der Waals surface area contributed by atoms with Crippen LogP contribution < -0.4 is 0 Å². The SMILES string of the molecule is CCC1(CCOCC(=O)OC(C)(C)C)CCC(C)(c2ccc(F)c(F)c2)OC1. The number of ether oxygens (including phenoxy) is 3. The van der Waals surface area contributed by atoms with Crippen molar-refractivity contribution in [1.29, 1.82) is 0 Å². The van der Waals surface area contributed by atoms with E-state index in [-0.39, 0.29) is 18.0 Å². The third-order valence-corrected chi connectivity index (χ3v) is 5.53. The summed E-state index contributed by atoms with van der Waals surface area (Å²) in [6, 6.07) is 3.95. The second-order valence-corrected chi connectivity index (χ2v) is 8.89. The first-order valence-corrected chi connectivity index (χ1v) is 9.88. The molecule has 1 aliphatic rings. The molecular formula is C22H32F2O4. The third-order valence-electron chi connectivity index (χ3n) is 5.53. The van der Waals surface area contributed by atoms with Gasteiger partial charge in [-0.15, -0.1) is 0 Å². The fourth-order valence-corrected chi connectivity index (χ4v) is 3.48. The average molecular weight is 398 g/mol. The molecule has 2 unspecified atom stereocenters. The zero-order valence-corrected chi connectivity index (χ0v) is 17.6. The normalized spacial score (nSPS) is 25.5. The smallest absolute Gasteiger partial charge is 0.332 e. The van der Waals surface area contributed by atoms with Crippen LogP contribution in [0, 0.1) is 17.0 Å². The molecule has 1 aromatic carbocycles. The van der Waals surface area contributed by atoms with E-state index in [0.717, 1.165) is 25.3 Å². The van der Waals surface area contributed by atoms with Gasteiger partial charge in [0.1, 0.15) is 12.2 Å². The second kappa shape index (κ2) is 8.87. The maximum absolute atomic E-state index is 13.6. The van der Waals surface area contributed by atoms with Gasteiger partial charge in [0.25, 0.3) is 0 Å². The zero-order valence-electron chi connectivity index (χ0n) is 17.6. The Hall–Kier alpha value is -1.53. The third kappa shape index (κ3) is 5.98. The fourth-order valence-electron chi connectivity index (χ4n) is 3.48. The lowest BCUT2D eigenvalue weighted by molar-refractivity contribution is -0.161. The Kier molecular flexibility index (Phi) is 7.21. The topological polar surface area (TPSA) is 44.8 Å². The van der Waals surface area contributed by atoms with Crippen molar-refractivity contribution in [1.82, 2.24) is 0 Å². The first-order valence-electron chi connectivity index (χ1n) is 9.88. The van der Waals surface area contributed by atoms with Gasteiger partial charge in [-0.25, -0.2) is 13.6 Å². The molecule has 0 spiro atoms. The standard InChI is InChI=1S/C22H32F2O4/c1-6-22(11-12-26-14-19(25)28-20(2,3)4)10-9-21(5,27-15-22)16-7-8-17(23)18(24)13-16/h7-8,13H,6,9-12,14-15H2,1-5H3. The van der Waals surface area contributed by atoms with Crippen molar-refractivity contribution in [3.8, 4) is 0 Å². The van der Waals surface area contributed by atoms with Gasteiger partial charge in [0, 0.05) is 6.61 Å². The van der Waals surface area contributed by atoms with Crippen molar-refractivity contribution in [3.05, 3.63) is 35.4 Å². The number of rotatable bonds is 7. The molecule has 4 nitrogen and oxygen atoms in total. The van der Waals surface area contributed by atoms with E-state index >= 15 is 0 Å². The van der Waals surface area contributed by atoms with Crippen LogP contribution in [0.2, 0.25) is 0 Å². The highest BCUT2D eigenvalue weighted by Gasteiger charge is 2.41. The highest BCUT2D eigenvalue weighted by Crippen LogP contribution is 2.45. The molecule has 1 heterocycles. The Morgan fingerprint density at radius 3 is 2.46 bits per heavy atom. The molecule has 0 radical (unpaired) electrons. The predicted octanol–water partition coefficient (Wildman–Crippen LogP) is 5.14. The number of carbonyl (C=O) groups excluding carboxylic acids is 1. The number of benzene rings is 1. The van der Waals surface area contributed by atoms with Crippen LogP contribution in [0.1, 0.15) is 65.9 Å². The van der Waals surface area contributed by atoms with Crippen LogP contribution in [0.15, 0.2) is 18.2 Å². The van der Waals surface area contributed by atoms with Gasteiger partial charge in [-0.1, -0.05) is 13.0 Å². The van der Waals surface area contributed by atoms with E-state index < -0.39 is 22.8 Å². The maximum atomic E-state index is 13.6. The predicted molar refractivity (Wildman–Crippen MR) is 103 cm³/mol. The molecule has 2 atom stereocenters. The summed E-state index contributed by atoms with van der Waals surface area (Å²) in [6.45, 7) is 10.4. The molecule has 0 aromatic heterocycles. The van der Waals surface area contributed by atoms with E-state index in [1.165, 1.54) is 6.07 Å². The van der Waals surface area contributed by atoms with Crippen molar-refractivity contribution in [2.45, 2.75) is 71.5 Å². The molecule has 0 bridgehead atoms. The number of hydrogen-bond donors (Lipinski definition) is 0. The van der Waals surface area contributed by atoms with Gasteiger partial charge in [-0.05, 0) is 76.5 Å². The molecule has 0 saturated carbocycles. The summed E-state index contributed by atoms with van der Waals surface area (Å²) in [7, 11) is 0. The van der Waals surface area contributed by atoms with E-state index in [4.69, 9.17) is 14.2 Å². The Bertz CT molecular complexity index is 674. The lowest BCUT2D eigenvalue weighted by atomic mass is 9.72. The van der Waals surface area contributed by atoms with Crippen LogP contribution in [-0.4, -0.2) is 31.4 Å². The number of hydrogen-bond acceptors (Lipinski definition) is 4. The largest absolute Gasteiger partial charge is 0.458 e. The van der Waals surface area contributed by atoms with E-state index in [2.05, 4.69) is 6.92 Å². The van der Waals surface area contributed by atoms with Gasteiger partial charge in [-0.3, -0.25) is 0 Å². The highest BCUT2D eigenvalue weighted by atomic mass is 19.2. The van der Waals surface area contributed by atoms with Gasteiger partial charge in [0.15, 0.2) is 11.6 Å². The summed E-state index contributed by atoms with van der Waals surface area (Å²) in [5.41, 5.74) is -0.555. The van der Waals surface area contributed by atoms with Crippen LogP contribution in [0.4, 0.5) is 8.78 Å². The van der Waals surface area contributed by atoms with Crippen LogP contribution in [0.3, 0.4) is 0 Å². The van der Waals surface area contributed by atoms with E-state index in [1.807, 2.05) is 27.7 Å². The summed E-state index contributed by atoms with van der Waals surface area (Å²) < 4.78 is 43.7.